The average Bonchev–Trinajstić information content (AvgIpc) is 2.86. The van der Waals surface area contributed by atoms with Crippen LogP contribution in [0.15, 0.2) is 34.8 Å². The number of anilines is 1. The zero-order valence-electron chi connectivity index (χ0n) is 10.5. The lowest BCUT2D eigenvalue weighted by molar-refractivity contribution is 0.184. The minimum absolute atomic E-state index is 0.319. The molecule has 2 heterocycles. The molecular formula is C12H15N5OS. The van der Waals surface area contributed by atoms with Gasteiger partial charge in [0.1, 0.15) is 10.8 Å². The van der Waals surface area contributed by atoms with E-state index in [1.807, 2.05) is 23.6 Å². The Bertz CT molecular complexity index is 540. The number of nitrogens with one attached hydrogen (secondary N) is 1. The number of hydrogen-bond donors (Lipinski definition) is 2. The van der Waals surface area contributed by atoms with Gasteiger partial charge in [-0.3, -0.25) is 0 Å². The molecule has 0 spiro atoms. The number of methoxy groups -OCH3 is 1. The number of aliphatic imine (C=N–C) groups is 1. The molecule has 2 aromatic rings. The second-order valence-corrected chi connectivity index (χ2v) is 4.65. The van der Waals surface area contributed by atoms with Crippen LogP contribution in [0.3, 0.4) is 0 Å². The van der Waals surface area contributed by atoms with Crippen molar-refractivity contribution >= 4 is 23.1 Å². The Morgan fingerprint density at radius 2 is 2.42 bits per heavy atom. The van der Waals surface area contributed by atoms with Crippen LogP contribution < -0.4 is 11.1 Å². The molecule has 0 amide bonds. The van der Waals surface area contributed by atoms with E-state index in [1.54, 1.807) is 24.6 Å². The normalized spacial score (nSPS) is 11.5. The van der Waals surface area contributed by atoms with Gasteiger partial charge in [-0.15, -0.1) is 11.3 Å². The summed E-state index contributed by atoms with van der Waals surface area (Å²) >= 11 is 1.55. The van der Waals surface area contributed by atoms with E-state index >= 15 is 0 Å². The summed E-state index contributed by atoms with van der Waals surface area (Å²) in [4.78, 5) is 12.7. The predicted octanol–water partition coefficient (Wildman–Crippen LogP) is 1.61. The van der Waals surface area contributed by atoms with Crippen molar-refractivity contribution in [2.45, 2.75) is 13.2 Å². The van der Waals surface area contributed by atoms with E-state index in [-0.39, 0.29) is 0 Å². The number of ether oxygens (including phenoxy) is 1. The van der Waals surface area contributed by atoms with Gasteiger partial charge in [-0.2, -0.15) is 0 Å². The Labute approximate surface area is 115 Å². The Hall–Kier alpha value is -1.99. The van der Waals surface area contributed by atoms with Gasteiger partial charge >= 0.3 is 0 Å². The standard InChI is InChI=1S/C12H15N5OS/c1-18-7-11-16-9(8-19-11)6-15-12(13)17-10-4-2-3-5-14-10/h2-5,8H,6-7H2,1H3,(H3,13,14,15,17). The van der Waals surface area contributed by atoms with Crippen LogP contribution in [0.25, 0.3) is 0 Å². The molecule has 0 saturated heterocycles. The molecule has 0 aliphatic heterocycles. The van der Waals surface area contributed by atoms with E-state index in [0.717, 1.165) is 10.7 Å². The van der Waals surface area contributed by atoms with Crippen molar-refractivity contribution < 1.29 is 4.74 Å². The first kappa shape index (κ1) is 13.4. The van der Waals surface area contributed by atoms with E-state index in [9.17, 15) is 0 Å². The van der Waals surface area contributed by atoms with Crippen LogP contribution in [-0.4, -0.2) is 23.0 Å². The number of nitrogens with two attached hydrogens (primary N) is 1. The largest absolute Gasteiger partial charge is 0.378 e. The van der Waals surface area contributed by atoms with Gasteiger partial charge in [0.25, 0.3) is 0 Å². The van der Waals surface area contributed by atoms with Crippen molar-refractivity contribution in [3.05, 3.63) is 40.5 Å². The van der Waals surface area contributed by atoms with Crippen molar-refractivity contribution in [3.63, 3.8) is 0 Å². The number of aromatic nitrogens is 2. The van der Waals surface area contributed by atoms with Crippen LogP contribution in [-0.2, 0) is 17.9 Å². The first-order valence-corrected chi connectivity index (χ1v) is 6.56. The van der Waals surface area contributed by atoms with Gasteiger partial charge in [0, 0.05) is 18.7 Å². The lowest BCUT2D eigenvalue weighted by Gasteiger charge is -2.03. The molecule has 2 rings (SSSR count). The third kappa shape index (κ3) is 4.31. The van der Waals surface area contributed by atoms with E-state index in [0.29, 0.717) is 24.9 Å². The maximum atomic E-state index is 5.77. The molecule has 7 heteroatoms. The molecule has 0 bridgehead atoms. The van der Waals surface area contributed by atoms with Gasteiger partial charge in [-0.25, -0.2) is 15.0 Å². The molecule has 0 atom stereocenters. The summed E-state index contributed by atoms with van der Waals surface area (Å²) in [6.45, 7) is 0.960. The van der Waals surface area contributed by atoms with E-state index in [2.05, 4.69) is 20.3 Å². The van der Waals surface area contributed by atoms with E-state index in [1.165, 1.54) is 0 Å². The molecule has 0 fully saturated rings. The molecule has 2 aromatic heterocycles. The highest BCUT2D eigenvalue weighted by Gasteiger charge is 2.01. The Balaban J connectivity index is 1.90. The third-order valence-corrected chi connectivity index (χ3v) is 3.07. The van der Waals surface area contributed by atoms with E-state index in [4.69, 9.17) is 10.5 Å². The lowest BCUT2D eigenvalue weighted by Crippen LogP contribution is -2.23. The van der Waals surface area contributed by atoms with Crippen molar-refractivity contribution in [2.24, 2.45) is 10.7 Å². The molecule has 100 valence electrons. The summed E-state index contributed by atoms with van der Waals surface area (Å²) in [5.74, 6) is 0.988. The predicted molar refractivity (Wildman–Crippen MR) is 76.0 cm³/mol. The van der Waals surface area contributed by atoms with Gasteiger partial charge in [0.2, 0.25) is 0 Å². The van der Waals surface area contributed by atoms with Crippen LogP contribution in [0, 0.1) is 0 Å². The fourth-order valence-electron chi connectivity index (χ4n) is 1.38. The molecule has 3 N–H and O–H groups in total. The Morgan fingerprint density at radius 3 is 3.16 bits per heavy atom. The van der Waals surface area contributed by atoms with Crippen LogP contribution >= 0.6 is 11.3 Å². The maximum Gasteiger partial charge on any atom is 0.194 e. The highest BCUT2D eigenvalue weighted by Crippen LogP contribution is 2.11. The zero-order valence-corrected chi connectivity index (χ0v) is 11.4. The van der Waals surface area contributed by atoms with Crippen molar-refractivity contribution in [1.29, 1.82) is 0 Å². The van der Waals surface area contributed by atoms with Crippen molar-refractivity contribution in [2.75, 3.05) is 12.4 Å². The minimum Gasteiger partial charge on any atom is -0.378 e. The number of nitrogens with zero attached hydrogens (tertiary/aromatic N) is 3. The van der Waals surface area contributed by atoms with Crippen molar-refractivity contribution in [3.8, 4) is 0 Å². The van der Waals surface area contributed by atoms with E-state index < -0.39 is 0 Å². The third-order valence-electron chi connectivity index (χ3n) is 2.20. The summed E-state index contributed by atoms with van der Waals surface area (Å²) in [6, 6.07) is 5.53. The lowest BCUT2D eigenvalue weighted by atomic mass is 10.4. The molecule has 19 heavy (non-hydrogen) atoms. The smallest absolute Gasteiger partial charge is 0.194 e. The molecule has 6 nitrogen and oxygen atoms in total. The first-order valence-electron chi connectivity index (χ1n) is 5.68. The number of thiazole rings is 1. The monoisotopic (exact) mass is 277 g/mol. The first-order chi connectivity index (χ1) is 9.28. The SMILES string of the molecule is COCc1nc(CN=C(N)Nc2ccccn2)cs1. The summed E-state index contributed by atoms with van der Waals surface area (Å²) in [7, 11) is 1.65. The second-order valence-electron chi connectivity index (χ2n) is 3.71. The summed E-state index contributed by atoms with van der Waals surface area (Å²) in [6.07, 6.45) is 1.69. The topological polar surface area (TPSA) is 85.4 Å². The summed E-state index contributed by atoms with van der Waals surface area (Å²) in [5, 5.41) is 5.80. The highest BCUT2D eigenvalue weighted by molar-refractivity contribution is 7.09. The van der Waals surface area contributed by atoms with Crippen LogP contribution in [0.5, 0.6) is 0 Å². The van der Waals surface area contributed by atoms with Gasteiger partial charge in [0.05, 0.1) is 18.8 Å². The zero-order chi connectivity index (χ0) is 13.5. The molecular weight excluding hydrogens is 262 g/mol. The molecule has 0 aliphatic carbocycles. The average molecular weight is 277 g/mol. The Morgan fingerprint density at radius 1 is 1.53 bits per heavy atom. The number of pyridine rings is 1. The fraction of sp³-hybridized carbons (Fsp3) is 0.250. The van der Waals surface area contributed by atoms with Gasteiger partial charge in [0.15, 0.2) is 5.96 Å². The second kappa shape index (κ2) is 6.81. The van der Waals surface area contributed by atoms with Gasteiger partial charge in [-0.1, -0.05) is 6.07 Å². The molecule has 0 aliphatic rings. The molecule has 0 unspecified atom stereocenters. The van der Waals surface area contributed by atoms with Crippen molar-refractivity contribution in [1.82, 2.24) is 9.97 Å². The number of rotatable bonds is 5. The Kier molecular flexibility index (Phi) is 4.82. The van der Waals surface area contributed by atoms with Crippen LogP contribution in [0.1, 0.15) is 10.7 Å². The molecule has 0 saturated carbocycles. The number of hydrogen-bond acceptors (Lipinski definition) is 5. The number of guanidine groups is 1. The van der Waals surface area contributed by atoms with Crippen LogP contribution in [0.4, 0.5) is 5.82 Å². The minimum atomic E-state index is 0.319. The van der Waals surface area contributed by atoms with Gasteiger partial charge in [-0.05, 0) is 12.1 Å². The summed E-state index contributed by atoms with van der Waals surface area (Å²) < 4.78 is 5.01. The quantitative estimate of drug-likeness (QED) is 0.640. The maximum absolute atomic E-state index is 5.77. The summed E-state index contributed by atoms with van der Waals surface area (Å²) in [5.41, 5.74) is 6.65. The molecule has 0 aromatic carbocycles. The fourth-order valence-corrected chi connectivity index (χ4v) is 2.14. The van der Waals surface area contributed by atoms with Gasteiger partial charge < -0.3 is 15.8 Å². The molecule has 0 radical (unpaired) electrons. The van der Waals surface area contributed by atoms with Crippen LogP contribution in [0.2, 0.25) is 0 Å². The highest BCUT2D eigenvalue weighted by atomic mass is 32.1.